The van der Waals surface area contributed by atoms with Crippen LogP contribution < -0.4 is 5.69 Å². The number of rotatable bonds is 5. The number of hydrogen-bond donors (Lipinski definition) is 2. The van der Waals surface area contributed by atoms with Gasteiger partial charge in [0.25, 0.3) is 0 Å². The molecular weight excluding hydrogens is 382 g/mol. The van der Waals surface area contributed by atoms with E-state index in [0.717, 1.165) is 57.3 Å². The van der Waals surface area contributed by atoms with Crippen molar-refractivity contribution in [2.24, 2.45) is 5.92 Å². The molecule has 0 radical (unpaired) electrons. The second-order valence-electron chi connectivity index (χ2n) is 8.88. The highest BCUT2D eigenvalue weighted by Crippen LogP contribution is 2.34. The van der Waals surface area contributed by atoms with Crippen molar-refractivity contribution in [2.45, 2.75) is 57.4 Å². The lowest BCUT2D eigenvalue weighted by Crippen LogP contribution is -2.29. The number of carboxylic acids is 1. The predicted octanol–water partition coefficient (Wildman–Crippen LogP) is 2.97. The summed E-state index contributed by atoms with van der Waals surface area (Å²) >= 11 is 0. The van der Waals surface area contributed by atoms with Crippen molar-refractivity contribution in [3.63, 3.8) is 0 Å². The summed E-state index contributed by atoms with van der Waals surface area (Å²) in [5.74, 6) is -0.368. The van der Waals surface area contributed by atoms with E-state index in [1.165, 1.54) is 15.7 Å². The van der Waals surface area contributed by atoms with E-state index in [9.17, 15) is 14.7 Å². The number of likely N-dealkylation sites (N-methyl/N-ethyl adjacent to an activating group) is 1. The number of carboxylic acid groups (broad SMARTS) is 1. The molecule has 7 nitrogen and oxygen atoms in total. The fourth-order valence-electron chi connectivity index (χ4n) is 4.96. The van der Waals surface area contributed by atoms with Crippen molar-refractivity contribution in [3.05, 3.63) is 46.0 Å². The zero-order valence-electron chi connectivity index (χ0n) is 17.6. The van der Waals surface area contributed by atoms with Gasteiger partial charge in [-0.25, -0.2) is 9.36 Å². The smallest absolute Gasteiger partial charge is 0.335 e. The summed E-state index contributed by atoms with van der Waals surface area (Å²) in [4.78, 5) is 26.3. The molecule has 30 heavy (non-hydrogen) atoms. The lowest BCUT2D eigenvalue weighted by atomic mass is 9.83. The summed E-state index contributed by atoms with van der Waals surface area (Å²) in [5, 5.41) is 19.4. The molecule has 7 heteroatoms. The minimum atomic E-state index is -0.747. The minimum Gasteiger partial charge on any atom is -0.493 e. The Balaban J connectivity index is 1.52. The van der Waals surface area contributed by atoms with E-state index in [1.54, 1.807) is 10.8 Å². The maximum Gasteiger partial charge on any atom is 0.335 e. The first-order valence-electron chi connectivity index (χ1n) is 11.0. The molecule has 2 N–H and O–H groups in total. The molecule has 0 amide bonds. The fourth-order valence-corrected chi connectivity index (χ4v) is 4.96. The molecule has 1 aliphatic carbocycles. The van der Waals surface area contributed by atoms with Gasteiger partial charge in [0.05, 0.1) is 11.9 Å². The summed E-state index contributed by atoms with van der Waals surface area (Å²) in [5.41, 5.74) is 3.08. The van der Waals surface area contributed by atoms with Gasteiger partial charge in [-0.2, -0.15) is 0 Å². The van der Waals surface area contributed by atoms with Crippen LogP contribution in [0.2, 0.25) is 0 Å². The Kier molecular flexibility index (Phi) is 5.99. The van der Waals surface area contributed by atoms with Crippen LogP contribution in [0.5, 0.6) is 5.88 Å². The Hall–Kier alpha value is -2.54. The number of imidazole rings is 1. The van der Waals surface area contributed by atoms with E-state index in [0.29, 0.717) is 12.3 Å². The highest BCUT2D eigenvalue weighted by Gasteiger charge is 2.26. The first-order valence-corrected chi connectivity index (χ1v) is 11.0. The van der Waals surface area contributed by atoms with Gasteiger partial charge in [-0.3, -0.25) is 9.36 Å². The molecule has 2 aromatic rings. The SMILES string of the molecule is CN1CCc2ccc(-n3c(O)cn(C4CCC(CCC(=O)O)CC4)c3=O)cc2CC1. The van der Waals surface area contributed by atoms with Crippen molar-refractivity contribution in [2.75, 3.05) is 20.1 Å². The molecule has 0 bridgehead atoms. The van der Waals surface area contributed by atoms with Crippen LogP contribution in [0.3, 0.4) is 0 Å². The largest absolute Gasteiger partial charge is 0.493 e. The lowest BCUT2D eigenvalue weighted by Gasteiger charge is -2.28. The van der Waals surface area contributed by atoms with Gasteiger partial charge in [-0.1, -0.05) is 6.07 Å². The van der Waals surface area contributed by atoms with Crippen LogP contribution in [0.4, 0.5) is 0 Å². The van der Waals surface area contributed by atoms with Gasteiger partial charge in [-0.05, 0) is 81.2 Å². The quantitative estimate of drug-likeness (QED) is 0.787. The van der Waals surface area contributed by atoms with Crippen LogP contribution in [0.25, 0.3) is 5.69 Å². The number of nitrogens with zero attached hydrogens (tertiary/aromatic N) is 3. The highest BCUT2D eigenvalue weighted by atomic mass is 16.4. The molecule has 0 atom stereocenters. The van der Waals surface area contributed by atoms with E-state index in [4.69, 9.17) is 5.11 Å². The summed E-state index contributed by atoms with van der Waals surface area (Å²) in [7, 11) is 2.12. The third-order valence-corrected chi connectivity index (χ3v) is 6.85. The zero-order chi connectivity index (χ0) is 21.3. The Bertz CT molecular complexity index is 969. The molecule has 1 fully saturated rings. The Morgan fingerprint density at radius 1 is 1.10 bits per heavy atom. The maximum atomic E-state index is 13.2. The number of aromatic nitrogens is 2. The topological polar surface area (TPSA) is 87.7 Å². The molecule has 2 aliphatic rings. The first-order chi connectivity index (χ1) is 14.4. The molecule has 0 saturated heterocycles. The average molecular weight is 414 g/mol. The van der Waals surface area contributed by atoms with Gasteiger partial charge in [0, 0.05) is 25.6 Å². The lowest BCUT2D eigenvalue weighted by molar-refractivity contribution is -0.137. The summed E-state index contributed by atoms with van der Waals surface area (Å²) in [6.45, 7) is 2.02. The van der Waals surface area contributed by atoms with E-state index < -0.39 is 5.97 Å². The molecule has 1 aromatic heterocycles. The van der Waals surface area contributed by atoms with Gasteiger partial charge >= 0.3 is 11.7 Å². The van der Waals surface area contributed by atoms with Crippen molar-refractivity contribution in [3.8, 4) is 11.6 Å². The molecule has 1 aliphatic heterocycles. The predicted molar refractivity (Wildman–Crippen MR) is 114 cm³/mol. The number of aliphatic carboxylic acids is 1. The van der Waals surface area contributed by atoms with Crippen molar-refractivity contribution in [1.29, 1.82) is 0 Å². The normalized spacial score (nSPS) is 22.4. The molecule has 4 rings (SSSR count). The summed E-state index contributed by atoms with van der Waals surface area (Å²) in [6.07, 6.45) is 7.92. The van der Waals surface area contributed by atoms with E-state index in [1.807, 2.05) is 12.1 Å². The second-order valence-corrected chi connectivity index (χ2v) is 8.88. The van der Waals surface area contributed by atoms with Crippen LogP contribution in [0.15, 0.2) is 29.2 Å². The molecule has 1 saturated carbocycles. The monoisotopic (exact) mass is 413 g/mol. The van der Waals surface area contributed by atoms with E-state index >= 15 is 0 Å². The molecule has 0 unspecified atom stereocenters. The fraction of sp³-hybridized carbons (Fsp3) is 0.565. The molecular formula is C23H31N3O4. The first kappa shape index (κ1) is 20.7. The number of hydrogen-bond acceptors (Lipinski definition) is 4. The minimum absolute atomic E-state index is 0.0290. The van der Waals surface area contributed by atoms with Crippen molar-refractivity contribution < 1.29 is 15.0 Å². The van der Waals surface area contributed by atoms with Crippen LogP contribution in [0.1, 0.15) is 55.7 Å². The van der Waals surface area contributed by atoms with Gasteiger partial charge in [0.2, 0.25) is 5.88 Å². The zero-order valence-corrected chi connectivity index (χ0v) is 17.6. The summed E-state index contributed by atoms with van der Waals surface area (Å²) < 4.78 is 3.08. The standard InChI is InChI=1S/C23H31N3O4/c1-24-12-10-17-5-8-20(14-18(17)11-13-24)26-21(27)15-25(23(26)30)19-6-2-16(3-7-19)4-9-22(28)29/h5,8,14-16,19,27H,2-4,6-7,9-13H2,1H3,(H,28,29). The molecule has 1 aromatic carbocycles. The maximum absolute atomic E-state index is 13.2. The third kappa shape index (κ3) is 4.31. The van der Waals surface area contributed by atoms with Crippen LogP contribution in [-0.2, 0) is 17.6 Å². The third-order valence-electron chi connectivity index (χ3n) is 6.85. The van der Waals surface area contributed by atoms with Crippen molar-refractivity contribution in [1.82, 2.24) is 14.0 Å². The highest BCUT2D eigenvalue weighted by molar-refractivity contribution is 5.66. The molecule has 2 heterocycles. The van der Waals surface area contributed by atoms with Crippen LogP contribution >= 0.6 is 0 Å². The summed E-state index contributed by atoms with van der Waals surface area (Å²) in [6, 6.07) is 6.11. The average Bonchev–Trinajstić information content (AvgIpc) is 2.90. The van der Waals surface area contributed by atoms with Gasteiger partial charge in [0.15, 0.2) is 0 Å². The van der Waals surface area contributed by atoms with E-state index in [2.05, 4.69) is 18.0 Å². The van der Waals surface area contributed by atoms with Crippen LogP contribution in [-0.4, -0.2) is 50.4 Å². The second kappa shape index (κ2) is 8.68. The van der Waals surface area contributed by atoms with E-state index in [-0.39, 0.29) is 24.0 Å². The van der Waals surface area contributed by atoms with Gasteiger partial charge in [-0.15, -0.1) is 0 Å². The number of aromatic hydroxyl groups is 1. The number of benzene rings is 1. The van der Waals surface area contributed by atoms with Gasteiger partial charge < -0.3 is 15.1 Å². The molecule has 0 spiro atoms. The number of fused-ring (bicyclic) bond motifs is 1. The number of carbonyl (C=O) groups is 1. The Morgan fingerprint density at radius 3 is 2.50 bits per heavy atom. The van der Waals surface area contributed by atoms with Gasteiger partial charge in [0.1, 0.15) is 0 Å². The Labute approximate surface area is 176 Å². The Morgan fingerprint density at radius 2 is 1.80 bits per heavy atom. The van der Waals surface area contributed by atoms with Crippen LogP contribution in [0, 0.1) is 5.92 Å². The molecule has 162 valence electrons. The van der Waals surface area contributed by atoms with Crippen molar-refractivity contribution >= 4 is 5.97 Å².